The molecule has 1 unspecified atom stereocenters. The number of halogens is 1. The molecule has 1 saturated heterocycles. The third-order valence-electron chi connectivity index (χ3n) is 4.29. The summed E-state index contributed by atoms with van der Waals surface area (Å²) in [5.74, 6) is -1.51. The van der Waals surface area contributed by atoms with Crippen molar-refractivity contribution in [3.63, 3.8) is 0 Å². The van der Waals surface area contributed by atoms with Crippen molar-refractivity contribution >= 4 is 33.3 Å². The Morgan fingerprint density at radius 2 is 1.92 bits per heavy atom. The first-order chi connectivity index (χ1) is 12.2. The Hall–Kier alpha value is -1.64. The van der Waals surface area contributed by atoms with Crippen molar-refractivity contribution in [1.29, 1.82) is 0 Å². The summed E-state index contributed by atoms with van der Waals surface area (Å²) in [4.78, 5) is 28.2. The lowest BCUT2D eigenvalue weighted by Gasteiger charge is -2.28. The van der Waals surface area contributed by atoms with Gasteiger partial charge >= 0.3 is 11.8 Å². The summed E-state index contributed by atoms with van der Waals surface area (Å²) in [6, 6.07) is 6.58. The number of benzene rings is 1. The van der Waals surface area contributed by atoms with E-state index in [1.807, 2.05) is 19.0 Å². The highest BCUT2D eigenvalue weighted by atomic mass is 35.5. The first-order valence-corrected chi connectivity index (χ1v) is 10.6. The fraction of sp³-hybridized carbons (Fsp3) is 0.529. The minimum Gasteiger partial charge on any atom is -0.344 e. The van der Waals surface area contributed by atoms with Gasteiger partial charge in [-0.2, -0.15) is 0 Å². The first-order valence-electron chi connectivity index (χ1n) is 8.37. The largest absolute Gasteiger partial charge is 0.344 e. The molecule has 0 spiro atoms. The molecule has 2 rings (SSSR count). The summed E-state index contributed by atoms with van der Waals surface area (Å²) in [5, 5.41) is 3.08. The number of likely N-dealkylation sites (N-methyl/N-ethyl adjacent to an activating group) is 1. The highest BCUT2D eigenvalue weighted by Crippen LogP contribution is 2.18. The molecule has 7 nitrogen and oxygen atoms in total. The number of sulfone groups is 1. The molecule has 2 amide bonds. The molecule has 26 heavy (non-hydrogen) atoms. The van der Waals surface area contributed by atoms with Gasteiger partial charge in [-0.3, -0.25) is 9.59 Å². The van der Waals surface area contributed by atoms with Gasteiger partial charge in [0.25, 0.3) is 0 Å². The van der Waals surface area contributed by atoms with Gasteiger partial charge in [-0.15, -0.1) is 0 Å². The number of nitrogens with zero attached hydrogens (tertiary/aromatic N) is 2. The Morgan fingerprint density at radius 3 is 2.50 bits per heavy atom. The van der Waals surface area contributed by atoms with Crippen LogP contribution < -0.4 is 5.32 Å². The van der Waals surface area contributed by atoms with E-state index in [1.165, 1.54) is 4.90 Å². The molecule has 1 N–H and O–H groups in total. The van der Waals surface area contributed by atoms with Gasteiger partial charge in [0.05, 0.1) is 11.5 Å². The number of hydrogen-bond acceptors (Lipinski definition) is 5. The zero-order valence-corrected chi connectivity index (χ0v) is 16.5. The van der Waals surface area contributed by atoms with Crippen molar-refractivity contribution in [2.24, 2.45) is 0 Å². The molecule has 9 heteroatoms. The summed E-state index contributed by atoms with van der Waals surface area (Å²) in [5.41, 5.74) is 0.707. The number of amides is 2. The van der Waals surface area contributed by atoms with Gasteiger partial charge in [0.1, 0.15) is 0 Å². The Morgan fingerprint density at radius 1 is 1.23 bits per heavy atom. The molecule has 1 heterocycles. The van der Waals surface area contributed by atoms with Crippen LogP contribution in [0.25, 0.3) is 0 Å². The second-order valence-corrected chi connectivity index (χ2v) is 9.27. The van der Waals surface area contributed by atoms with E-state index in [0.29, 0.717) is 30.1 Å². The van der Waals surface area contributed by atoms with Gasteiger partial charge in [-0.25, -0.2) is 8.42 Å². The molecule has 0 bridgehead atoms. The fourth-order valence-corrected chi connectivity index (χ4v) is 4.74. The predicted molar refractivity (Wildman–Crippen MR) is 101 cm³/mol. The third-order valence-corrected chi connectivity index (χ3v) is 6.41. The fourth-order valence-electron chi connectivity index (χ4n) is 2.80. The molecule has 1 atom stereocenters. The lowest BCUT2D eigenvalue weighted by atomic mass is 10.2. The van der Waals surface area contributed by atoms with Crippen molar-refractivity contribution < 1.29 is 18.0 Å². The van der Waals surface area contributed by atoms with Crippen LogP contribution in [0.2, 0.25) is 5.02 Å². The number of carbonyl (C=O) groups excluding carboxylic acids is 2. The Labute approximate surface area is 159 Å². The van der Waals surface area contributed by atoms with Crippen LogP contribution >= 0.6 is 11.6 Å². The van der Waals surface area contributed by atoms with Gasteiger partial charge in [-0.05, 0) is 32.1 Å². The van der Waals surface area contributed by atoms with E-state index in [2.05, 4.69) is 5.32 Å². The van der Waals surface area contributed by atoms with Gasteiger partial charge in [0.15, 0.2) is 9.84 Å². The molecule has 1 aliphatic rings. The van der Waals surface area contributed by atoms with E-state index in [-0.39, 0.29) is 18.1 Å². The second kappa shape index (κ2) is 8.83. The van der Waals surface area contributed by atoms with Crippen LogP contribution in [-0.2, 0) is 26.0 Å². The summed E-state index contributed by atoms with van der Waals surface area (Å²) in [6.07, 6.45) is 0.360. The minimum absolute atomic E-state index is 0.0463. The molecule has 1 aliphatic heterocycles. The summed E-state index contributed by atoms with van der Waals surface area (Å²) >= 11 is 6.05. The first kappa shape index (κ1) is 20.7. The van der Waals surface area contributed by atoms with Crippen LogP contribution in [0.5, 0.6) is 0 Å². The molecule has 0 aromatic heterocycles. The monoisotopic (exact) mass is 401 g/mol. The molecule has 0 saturated carbocycles. The lowest BCUT2D eigenvalue weighted by Crippen LogP contribution is -2.50. The van der Waals surface area contributed by atoms with Gasteiger partial charge in [-0.1, -0.05) is 29.8 Å². The maximum Gasteiger partial charge on any atom is 0.312 e. The van der Waals surface area contributed by atoms with Crippen LogP contribution in [0.15, 0.2) is 24.3 Å². The Balaban J connectivity index is 2.04. The van der Waals surface area contributed by atoms with Gasteiger partial charge < -0.3 is 15.1 Å². The second-order valence-electron chi connectivity index (χ2n) is 6.63. The molecule has 0 aliphatic carbocycles. The molecule has 1 fully saturated rings. The van der Waals surface area contributed by atoms with E-state index in [1.54, 1.807) is 24.3 Å². The van der Waals surface area contributed by atoms with Gasteiger partial charge in [0, 0.05) is 30.7 Å². The highest BCUT2D eigenvalue weighted by molar-refractivity contribution is 7.91. The van der Waals surface area contributed by atoms with Crippen molar-refractivity contribution in [2.75, 3.05) is 38.7 Å². The molecule has 0 radical (unpaired) electrons. The van der Waals surface area contributed by atoms with E-state index < -0.39 is 27.7 Å². The zero-order chi connectivity index (χ0) is 19.3. The van der Waals surface area contributed by atoms with Crippen LogP contribution in [-0.4, -0.2) is 74.8 Å². The van der Waals surface area contributed by atoms with Crippen LogP contribution in [0, 0.1) is 0 Å². The van der Waals surface area contributed by atoms with Crippen molar-refractivity contribution in [2.45, 2.75) is 19.0 Å². The Bertz CT molecular complexity index is 767. The van der Waals surface area contributed by atoms with Crippen molar-refractivity contribution in [1.82, 2.24) is 15.1 Å². The Kier molecular flexibility index (Phi) is 7.02. The summed E-state index contributed by atoms with van der Waals surface area (Å²) in [6.45, 7) is 0.973. The van der Waals surface area contributed by atoms with Crippen LogP contribution in [0.1, 0.15) is 12.0 Å². The van der Waals surface area contributed by atoms with Crippen LogP contribution in [0.3, 0.4) is 0 Å². The van der Waals surface area contributed by atoms with Crippen molar-refractivity contribution in [3.8, 4) is 0 Å². The zero-order valence-electron chi connectivity index (χ0n) is 14.9. The normalized spacial score (nSPS) is 18.7. The average Bonchev–Trinajstić information content (AvgIpc) is 2.93. The van der Waals surface area contributed by atoms with Crippen LogP contribution in [0.4, 0.5) is 0 Å². The summed E-state index contributed by atoms with van der Waals surface area (Å²) in [7, 11) is 0.550. The minimum atomic E-state index is -3.16. The number of carbonyl (C=O) groups is 2. The molecular formula is C17H24ClN3O4S. The van der Waals surface area contributed by atoms with E-state index in [9.17, 15) is 18.0 Å². The van der Waals surface area contributed by atoms with Gasteiger partial charge in [0.2, 0.25) is 0 Å². The number of rotatable bonds is 6. The van der Waals surface area contributed by atoms with E-state index >= 15 is 0 Å². The molecule has 1 aromatic carbocycles. The molecular weight excluding hydrogens is 378 g/mol. The standard InChI is InChI=1S/C17H24ClN3O4S/c1-20(2)8-9-21(14-7-10-26(24,25)12-14)17(23)16(22)19-11-13-5-3-4-6-15(13)18/h3-6,14H,7-12H2,1-2H3,(H,19,22). The maximum atomic E-state index is 12.6. The van der Waals surface area contributed by atoms with Crippen molar-refractivity contribution in [3.05, 3.63) is 34.9 Å². The van der Waals surface area contributed by atoms with E-state index in [0.717, 1.165) is 0 Å². The number of hydrogen-bond donors (Lipinski definition) is 1. The quantitative estimate of drug-likeness (QED) is 0.703. The SMILES string of the molecule is CN(C)CCN(C(=O)C(=O)NCc1ccccc1Cl)C1CCS(=O)(=O)C1. The third kappa shape index (κ3) is 5.69. The molecule has 1 aromatic rings. The lowest BCUT2D eigenvalue weighted by molar-refractivity contribution is -0.147. The predicted octanol–water partition coefficient (Wildman–Crippen LogP) is 0.534. The average molecular weight is 402 g/mol. The van der Waals surface area contributed by atoms with E-state index in [4.69, 9.17) is 11.6 Å². The molecule has 144 valence electrons. The highest BCUT2D eigenvalue weighted by Gasteiger charge is 2.36. The topological polar surface area (TPSA) is 86.8 Å². The summed E-state index contributed by atoms with van der Waals surface area (Å²) < 4.78 is 23.5. The maximum absolute atomic E-state index is 12.6. The smallest absolute Gasteiger partial charge is 0.312 e. The number of nitrogens with one attached hydrogen (secondary N) is 1.